The van der Waals surface area contributed by atoms with E-state index in [2.05, 4.69) is 4.90 Å². The summed E-state index contributed by atoms with van der Waals surface area (Å²) >= 11 is 6.30. The molecule has 21 heavy (non-hydrogen) atoms. The van der Waals surface area contributed by atoms with Crippen molar-refractivity contribution >= 4 is 24.0 Å². The summed E-state index contributed by atoms with van der Waals surface area (Å²) in [5.74, 6) is 0. The predicted octanol–water partition coefficient (Wildman–Crippen LogP) is 3.95. The fourth-order valence-corrected chi connectivity index (χ4v) is 2.62. The van der Waals surface area contributed by atoms with Crippen LogP contribution in [-0.4, -0.2) is 30.6 Å². The van der Waals surface area contributed by atoms with Crippen LogP contribution in [0.3, 0.4) is 0 Å². The molecule has 2 aromatic carbocycles. The van der Waals surface area contributed by atoms with Crippen molar-refractivity contribution < 1.29 is 5.11 Å². The fraction of sp³-hybridized carbons (Fsp3) is 0.294. The van der Waals surface area contributed by atoms with Crippen LogP contribution in [0.4, 0.5) is 0 Å². The van der Waals surface area contributed by atoms with Crippen LogP contribution in [0.15, 0.2) is 54.6 Å². The van der Waals surface area contributed by atoms with Crippen molar-refractivity contribution in [3.8, 4) is 0 Å². The van der Waals surface area contributed by atoms with Gasteiger partial charge in [-0.25, -0.2) is 0 Å². The van der Waals surface area contributed by atoms with Crippen molar-refractivity contribution in [2.24, 2.45) is 0 Å². The average molecular weight is 326 g/mol. The molecule has 114 valence electrons. The third-order valence-electron chi connectivity index (χ3n) is 3.49. The summed E-state index contributed by atoms with van der Waals surface area (Å²) in [6.07, 6.45) is 0.591. The highest BCUT2D eigenvalue weighted by Crippen LogP contribution is 2.36. The molecule has 0 radical (unpaired) electrons. The summed E-state index contributed by atoms with van der Waals surface area (Å²) in [6, 6.07) is 17.2. The first-order valence-corrected chi connectivity index (χ1v) is 7.09. The lowest BCUT2D eigenvalue weighted by atomic mass is 9.83. The Morgan fingerprint density at radius 1 is 1.00 bits per heavy atom. The summed E-state index contributed by atoms with van der Waals surface area (Å²) in [4.78, 5) is 2.06. The largest absolute Gasteiger partial charge is 0.380 e. The first kappa shape index (κ1) is 18.0. The van der Waals surface area contributed by atoms with E-state index in [0.717, 1.165) is 17.7 Å². The van der Waals surface area contributed by atoms with Gasteiger partial charge in [0, 0.05) is 17.1 Å². The minimum absolute atomic E-state index is 0. The zero-order valence-electron chi connectivity index (χ0n) is 12.3. The van der Waals surface area contributed by atoms with Gasteiger partial charge in [0.15, 0.2) is 0 Å². The van der Waals surface area contributed by atoms with E-state index in [0.29, 0.717) is 11.4 Å². The second-order valence-electron chi connectivity index (χ2n) is 5.26. The van der Waals surface area contributed by atoms with Crippen LogP contribution in [0.5, 0.6) is 0 Å². The Balaban J connectivity index is 0.00000220. The van der Waals surface area contributed by atoms with Crippen LogP contribution in [0.1, 0.15) is 17.5 Å². The molecule has 0 saturated heterocycles. The molecule has 0 heterocycles. The molecule has 0 aliphatic rings. The molecule has 2 rings (SSSR count). The van der Waals surface area contributed by atoms with Gasteiger partial charge >= 0.3 is 0 Å². The van der Waals surface area contributed by atoms with Crippen molar-refractivity contribution in [2.75, 3.05) is 20.6 Å². The second-order valence-corrected chi connectivity index (χ2v) is 5.67. The summed E-state index contributed by atoms with van der Waals surface area (Å²) in [7, 11) is 4.00. The maximum Gasteiger partial charge on any atom is 0.117 e. The molecule has 0 spiro atoms. The zero-order chi connectivity index (χ0) is 14.6. The number of aliphatic hydroxyl groups is 1. The highest BCUT2D eigenvalue weighted by Gasteiger charge is 2.32. The first-order chi connectivity index (χ1) is 9.54. The van der Waals surface area contributed by atoms with E-state index in [1.54, 1.807) is 0 Å². The van der Waals surface area contributed by atoms with E-state index in [1.807, 2.05) is 68.7 Å². The maximum atomic E-state index is 11.3. The minimum atomic E-state index is -1.07. The van der Waals surface area contributed by atoms with Crippen molar-refractivity contribution in [3.05, 3.63) is 70.7 Å². The summed E-state index contributed by atoms with van der Waals surface area (Å²) in [5, 5.41) is 11.9. The van der Waals surface area contributed by atoms with Gasteiger partial charge in [-0.1, -0.05) is 60.1 Å². The molecule has 0 bridgehead atoms. The number of rotatable bonds is 5. The molecule has 0 aliphatic carbocycles. The van der Waals surface area contributed by atoms with Gasteiger partial charge in [-0.2, -0.15) is 0 Å². The highest BCUT2D eigenvalue weighted by molar-refractivity contribution is 6.31. The second kappa shape index (κ2) is 7.81. The smallest absolute Gasteiger partial charge is 0.117 e. The van der Waals surface area contributed by atoms with Gasteiger partial charge in [0.2, 0.25) is 0 Å². The molecule has 0 aliphatic heterocycles. The van der Waals surface area contributed by atoms with Crippen molar-refractivity contribution in [1.29, 1.82) is 0 Å². The lowest BCUT2D eigenvalue weighted by Gasteiger charge is -2.31. The van der Waals surface area contributed by atoms with E-state index < -0.39 is 5.60 Å². The molecule has 2 nitrogen and oxygen atoms in total. The number of hydrogen-bond donors (Lipinski definition) is 1. The summed E-state index contributed by atoms with van der Waals surface area (Å²) < 4.78 is 0. The molecular formula is C17H21Cl2NO. The van der Waals surface area contributed by atoms with Gasteiger partial charge in [0.25, 0.3) is 0 Å². The predicted molar refractivity (Wildman–Crippen MR) is 91.3 cm³/mol. The van der Waals surface area contributed by atoms with Crippen LogP contribution in [0.2, 0.25) is 5.02 Å². The average Bonchev–Trinajstić information content (AvgIpc) is 2.46. The zero-order valence-corrected chi connectivity index (χ0v) is 13.9. The number of benzene rings is 2. The third-order valence-corrected chi connectivity index (χ3v) is 3.82. The molecular weight excluding hydrogens is 305 g/mol. The maximum absolute atomic E-state index is 11.3. The van der Waals surface area contributed by atoms with E-state index in [-0.39, 0.29) is 12.4 Å². The molecule has 0 amide bonds. The minimum Gasteiger partial charge on any atom is -0.380 e. The van der Waals surface area contributed by atoms with Crippen LogP contribution in [0.25, 0.3) is 0 Å². The van der Waals surface area contributed by atoms with Gasteiger partial charge in [0.05, 0.1) is 0 Å². The van der Waals surface area contributed by atoms with E-state index >= 15 is 0 Å². The summed E-state index contributed by atoms with van der Waals surface area (Å²) in [5.41, 5.74) is 0.564. The van der Waals surface area contributed by atoms with Crippen LogP contribution >= 0.6 is 24.0 Å². The van der Waals surface area contributed by atoms with E-state index in [1.165, 1.54) is 0 Å². The molecule has 0 saturated carbocycles. The topological polar surface area (TPSA) is 23.5 Å². The Labute approximate surface area is 137 Å². The van der Waals surface area contributed by atoms with Crippen LogP contribution in [0, 0.1) is 0 Å². The number of nitrogens with zero attached hydrogens (tertiary/aromatic N) is 1. The Kier molecular flexibility index (Phi) is 6.69. The van der Waals surface area contributed by atoms with Crippen molar-refractivity contribution in [2.45, 2.75) is 12.0 Å². The van der Waals surface area contributed by atoms with Crippen molar-refractivity contribution in [3.63, 3.8) is 0 Å². The van der Waals surface area contributed by atoms with Gasteiger partial charge in [0.1, 0.15) is 5.60 Å². The lowest BCUT2D eigenvalue weighted by molar-refractivity contribution is 0.0630. The Hall–Kier alpha value is -1.06. The van der Waals surface area contributed by atoms with E-state index in [4.69, 9.17) is 11.6 Å². The molecule has 0 aromatic heterocycles. The number of hydrogen-bond acceptors (Lipinski definition) is 2. The number of halogens is 2. The van der Waals surface area contributed by atoms with Crippen LogP contribution in [-0.2, 0) is 5.60 Å². The standard InChI is InChI=1S/C17H20ClNO.ClH/c1-19(2)13-12-17(20,14-8-4-3-5-9-14)15-10-6-7-11-16(15)18;/h3-11,20H,12-13H2,1-2H3;1H. The SMILES string of the molecule is CN(C)CCC(O)(c1ccccc1)c1ccccc1Cl.Cl. The molecule has 1 N–H and O–H groups in total. The van der Waals surface area contributed by atoms with Crippen molar-refractivity contribution in [1.82, 2.24) is 4.90 Å². The molecule has 2 aromatic rings. The molecule has 4 heteroatoms. The monoisotopic (exact) mass is 325 g/mol. The Morgan fingerprint density at radius 2 is 1.57 bits per heavy atom. The summed E-state index contributed by atoms with van der Waals surface area (Å²) in [6.45, 7) is 0.774. The van der Waals surface area contributed by atoms with Crippen LogP contribution < -0.4 is 0 Å². The fourth-order valence-electron chi connectivity index (χ4n) is 2.33. The highest BCUT2D eigenvalue weighted by atomic mass is 35.5. The van der Waals surface area contributed by atoms with E-state index in [9.17, 15) is 5.11 Å². The molecule has 0 fully saturated rings. The Morgan fingerprint density at radius 3 is 2.14 bits per heavy atom. The van der Waals surface area contributed by atoms with Gasteiger partial charge in [-0.05, 0) is 32.1 Å². The third kappa shape index (κ3) is 4.21. The first-order valence-electron chi connectivity index (χ1n) is 6.71. The molecule has 1 atom stereocenters. The molecule has 1 unspecified atom stereocenters. The quantitative estimate of drug-likeness (QED) is 0.899. The van der Waals surface area contributed by atoms with Gasteiger partial charge in [-0.3, -0.25) is 0 Å². The van der Waals surface area contributed by atoms with Gasteiger partial charge in [-0.15, -0.1) is 12.4 Å². The Bertz CT molecular complexity index is 560. The normalized spacial score (nSPS) is 13.6. The lowest BCUT2D eigenvalue weighted by Crippen LogP contribution is -2.32. The van der Waals surface area contributed by atoms with Gasteiger partial charge < -0.3 is 10.0 Å².